The number of nitrogens with zero attached hydrogens (tertiary/aromatic N) is 3. The number of anilines is 3. The average molecular weight is 331 g/mol. The standard InChI is InChI=1S/C17H25N5S/c1-12-11-18-16(21-17(2,3)4)20-15(12)19-13-8-7-9-14(10-13)23-22(5)6/h7-11H,1-6H3,(H2,18,19,20,21). The second-order valence-electron chi connectivity index (χ2n) is 6.66. The summed E-state index contributed by atoms with van der Waals surface area (Å²) in [5.74, 6) is 1.45. The zero-order valence-corrected chi connectivity index (χ0v) is 15.5. The van der Waals surface area contributed by atoms with Gasteiger partial charge in [0, 0.05) is 27.9 Å². The van der Waals surface area contributed by atoms with E-state index >= 15 is 0 Å². The summed E-state index contributed by atoms with van der Waals surface area (Å²) in [5.41, 5.74) is 1.95. The van der Waals surface area contributed by atoms with Gasteiger partial charge in [0.15, 0.2) is 0 Å². The molecule has 0 fully saturated rings. The summed E-state index contributed by atoms with van der Waals surface area (Å²) in [6, 6.07) is 8.29. The molecule has 2 rings (SSSR count). The molecule has 0 aliphatic carbocycles. The molecule has 1 heterocycles. The maximum absolute atomic E-state index is 4.59. The molecule has 0 aliphatic rings. The fraction of sp³-hybridized carbons (Fsp3) is 0.412. The van der Waals surface area contributed by atoms with E-state index in [1.54, 1.807) is 11.9 Å². The van der Waals surface area contributed by atoms with E-state index in [1.165, 1.54) is 4.90 Å². The topological polar surface area (TPSA) is 53.1 Å². The van der Waals surface area contributed by atoms with Gasteiger partial charge in [-0.05, 0) is 71.9 Å². The normalized spacial score (nSPS) is 11.6. The first-order valence-corrected chi connectivity index (χ1v) is 8.34. The Bertz CT molecular complexity index is 664. The second-order valence-corrected chi connectivity index (χ2v) is 8.04. The van der Waals surface area contributed by atoms with E-state index < -0.39 is 0 Å². The first kappa shape index (κ1) is 17.6. The zero-order valence-electron chi connectivity index (χ0n) is 14.6. The van der Waals surface area contributed by atoms with E-state index in [4.69, 9.17) is 0 Å². The van der Waals surface area contributed by atoms with Crippen LogP contribution in [0.5, 0.6) is 0 Å². The van der Waals surface area contributed by atoms with Crippen LogP contribution in [0.3, 0.4) is 0 Å². The number of benzene rings is 1. The molecule has 23 heavy (non-hydrogen) atoms. The third-order valence-electron chi connectivity index (χ3n) is 2.84. The van der Waals surface area contributed by atoms with E-state index in [0.29, 0.717) is 5.95 Å². The lowest BCUT2D eigenvalue weighted by molar-refractivity contribution is 0.626. The molecule has 5 nitrogen and oxygen atoms in total. The number of rotatable bonds is 5. The van der Waals surface area contributed by atoms with Crippen molar-refractivity contribution in [1.29, 1.82) is 0 Å². The molecular formula is C17H25N5S. The van der Waals surface area contributed by atoms with Crippen LogP contribution < -0.4 is 10.6 Å². The number of aromatic nitrogens is 2. The van der Waals surface area contributed by atoms with Gasteiger partial charge < -0.3 is 10.6 Å². The predicted octanol–water partition coefficient (Wildman–Crippen LogP) is 4.31. The second kappa shape index (κ2) is 7.19. The van der Waals surface area contributed by atoms with Crippen LogP contribution in [0.4, 0.5) is 17.5 Å². The lowest BCUT2D eigenvalue weighted by atomic mass is 10.1. The van der Waals surface area contributed by atoms with Gasteiger partial charge in [0.25, 0.3) is 0 Å². The third kappa shape index (κ3) is 5.73. The summed E-state index contributed by atoms with van der Waals surface area (Å²) in [6.07, 6.45) is 1.84. The first-order valence-electron chi connectivity index (χ1n) is 7.57. The van der Waals surface area contributed by atoms with E-state index in [1.807, 2.05) is 39.3 Å². The van der Waals surface area contributed by atoms with Crippen molar-refractivity contribution in [2.24, 2.45) is 0 Å². The molecule has 0 unspecified atom stereocenters. The highest BCUT2D eigenvalue weighted by Crippen LogP contribution is 2.26. The number of hydrogen-bond donors (Lipinski definition) is 2. The molecule has 0 aliphatic heterocycles. The number of nitrogens with one attached hydrogen (secondary N) is 2. The largest absolute Gasteiger partial charge is 0.350 e. The summed E-state index contributed by atoms with van der Waals surface area (Å²) >= 11 is 1.69. The van der Waals surface area contributed by atoms with Gasteiger partial charge in [-0.2, -0.15) is 4.98 Å². The van der Waals surface area contributed by atoms with Gasteiger partial charge in [-0.3, -0.25) is 4.31 Å². The Labute approximate surface area is 143 Å². The molecule has 0 saturated heterocycles. The molecule has 1 aromatic heterocycles. The Morgan fingerprint density at radius 2 is 1.91 bits per heavy atom. The van der Waals surface area contributed by atoms with E-state index in [0.717, 1.165) is 17.1 Å². The zero-order chi connectivity index (χ0) is 17.0. The summed E-state index contributed by atoms with van der Waals surface area (Å²) < 4.78 is 2.07. The van der Waals surface area contributed by atoms with Crippen LogP contribution in [0.2, 0.25) is 0 Å². The first-order chi connectivity index (χ1) is 10.7. The summed E-state index contributed by atoms with van der Waals surface area (Å²) in [6.45, 7) is 8.27. The molecule has 0 saturated carbocycles. The van der Waals surface area contributed by atoms with E-state index in [-0.39, 0.29) is 5.54 Å². The monoisotopic (exact) mass is 331 g/mol. The highest BCUT2D eigenvalue weighted by Gasteiger charge is 2.12. The smallest absolute Gasteiger partial charge is 0.225 e. The van der Waals surface area contributed by atoms with E-state index in [2.05, 4.69) is 57.8 Å². The number of aryl methyl sites for hydroxylation is 1. The average Bonchev–Trinajstić information content (AvgIpc) is 2.40. The van der Waals surface area contributed by atoms with Crippen LogP contribution in [-0.4, -0.2) is 33.9 Å². The molecule has 0 spiro atoms. The predicted molar refractivity (Wildman–Crippen MR) is 99.4 cm³/mol. The van der Waals surface area contributed by atoms with Gasteiger partial charge in [0.05, 0.1) is 0 Å². The van der Waals surface area contributed by atoms with E-state index in [9.17, 15) is 0 Å². The van der Waals surface area contributed by atoms with Gasteiger partial charge in [-0.15, -0.1) is 0 Å². The van der Waals surface area contributed by atoms with Crippen LogP contribution in [0.15, 0.2) is 35.4 Å². The van der Waals surface area contributed by atoms with Gasteiger partial charge in [0.1, 0.15) is 5.82 Å². The Morgan fingerprint density at radius 1 is 1.17 bits per heavy atom. The molecule has 0 radical (unpaired) electrons. The van der Waals surface area contributed by atoms with Gasteiger partial charge >= 0.3 is 0 Å². The molecule has 124 valence electrons. The van der Waals surface area contributed by atoms with Gasteiger partial charge in [-0.1, -0.05) is 6.07 Å². The van der Waals surface area contributed by atoms with Crippen molar-refractivity contribution in [3.63, 3.8) is 0 Å². The summed E-state index contributed by atoms with van der Waals surface area (Å²) in [5, 5.41) is 6.69. The molecule has 2 aromatic rings. The highest BCUT2D eigenvalue weighted by molar-refractivity contribution is 7.97. The van der Waals surface area contributed by atoms with Crippen molar-refractivity contribution in [2.75, 3.05) is 24.7 Å². The Balaban J connectivity index is 2.20. The van der Waals surface area contributed by atoms with Crippen molar-refractivity contribution in [1.82, 2.24) is 14.3 Å². The van der Waals surface area contributed by atoms with Crippen LogP contribution >= 0.6 is 11.9 Å². The van der Waals surface area contributed by atoms with Crippen LogP contribution in [-0.2, 0) is 0 Å². The minimum absolute atomic E-state index is 0.0746. The quantitative estimate of drug-likeness (QED) is 0.796. The highest BCUT2D eigenvalue weighted by atomic mass is 32.2. The minimum atomic E-state index is -0.0746. The fourth-order valence-corrected chi connectivity index (χ4v) is 2.68. The summed E-state index contributed by atoms with van der Waals surface area (Å²) in [4.78, 5) is 10.1. The van der Waals surface area contributed by atoms with Crippen molar-refractivity contribution < 1.29 is 0 Å². The molecule has 0 amide bonds. The van der Waals surface area contributed by atoms with Gasteiger partial charge in [0.2, 0.25) is 5.95 Å². The molecule has 6 heteroatoms. The van der Waals surface area contributed by atoms with Crippen molar-refractivity contribution in [3.05, 3.63) is 36.0 Å². The SMILES string of the molecule is Cc1cnc(NC(C)(C)C)nc1Nc1cccc(SN(C)C)c1. The molecule has 2 N–H and O–H groups in total. The lowest BCUT2D eigenvalue weighted by Gasteiger charge is -2.21. The maximum atomic E-state index is 4.59. The van der Waals surface area contributed by atoms with Crippen molar-refractivity contribution in [2.45, 2.75) is 38.1 Å². The summed E-state index contributed by atoms with van der Waals surface area (Å²) in [7, 11) is 4.06. The lowest BCUT2D eigenvalue weighted by Crippen LogP contribution is -2.27. The third-order valence-corrected chi connectivity index (χ3v) is 3.67. The van der Waals surface area contributed by atoms with Crippen LogP contribution in [0.25, 0.3) is 0 Å². The van der Waals surface area contributed by atoms with Crippen molar-refractivity contribution in [3.8, 4) is 0 Å². The van der Waals surface area contributed by atoms with Gasteiger partial charge in [-0.25, -0.2) is 4.98 Å². The molecular weight excluding hydrogens is 306 g/mol. The molecule has 1 aromatic carbocycles. The van der Waals surface area contributed by atoms with Crippen molar-refractivity contribution >= 4 is 29.4 Å². The Hall–Kier alpha value is -1.79. The Kier molecular flexibility index (Phi) is 5.49. The Morgan fingerprint density at radius 3 is 2.57 bits per heavy atom. The minimum Gasteiger partial charge on any atom is -0.350 e. The van der Waals surface area contributed by atoms with Crippen LogP contribution in [0.1, 0.15) is 26.3 Å². The fourth-order valence-electron chi connectivity index (χ4n) is 1.94. The number of hydrogen-bond acceptors (Lipinski definition) is 6. The molecule has 0 bridgehead atoms. The van der Waals surface area contributed by atoms with Crippen LogP contribution in [0, 0.1) is 6.92 Å². The molecule has 0 atom stereocenters. The maximum Gasteiger partial charge on any atom is 0.225 e.